The van der Waals surface area contributed by atoms with Gasteiger partial charge in [0.1, 0.15) is 0 Å². The van der Waals surface area contributed by atoms with Gasteiger partial charge in [0.05, 0.1) is 0 Å². The molecule has 0 bridgehead atoms. The Kier molecular flexibility index (Phi) is 4.29. The van der Waals surface area contributed by atoms with E-state index in [0.29, 0.717) is 0 Å². The lowest BCUT2D eigenvalue weighted by Crippen LogP contribution is -2.61. The Bertz CT molecular complexity index is 1300. The molecule has 33 heavy (non-hydrogen) atoms. The van der Waals surface area contributed by atoms with Crippen LogP contribution in [-0.4, -0.2) is 13.9 Å². The maximum absolute atomic E-state index is 2.64. The van der Waals surface area contributed by atoms with E-state index in [4.69, 9.17) is 0 Å². The normalized spacial score (nSPS) is 15.5. The Labute approximate surface area is 197 Å². The smallest absolute Gasteiger partial charge is 0.332 e. The van der Waals surface area contributed by atoms with E-state index < -0.39 is 0 Å². The highest BCUT2D eigenvalue weighted by atomic mass is 15.1. The van der Waals surface area contributed by atoms with Gasteiger partial charge < -0.3 is 9.71 Å². The topological polar surface area (TPSA) is 6.48 Å². The molecule has 0 amide bonds. The maximum atomic E-state index is 2.64. The molecule has 0 saturated heterocycles. The third kappa shape index (κ3) is 2.69. The van der Waals surface area contributed by atoms with Gasteiger partial charge in [-0.25, -0.2) is 0 Å². The zero-order valence-electron chi connectivity index (χ0n) is 20.1. The van der Waals surface area contributed by atoms with Crippen molar-refractivity contribution in [1.82, 2.24) is 0 Å². The summed E-state index contributed by atoms with van der Waals surface area (Å²) >= 11 is 0. The van der Waals surface area contributed by atoms with E-state index in [9.17, 15) is 0 Å². The van der Waals surface area contributed by atoms with Gasteiger partial charge in [0.2, 0.25) is 0 Å². The molecule has 3 heteroatoms. The first kappa shape index (κ1) is 20.2. The molecule has 0 atom stereocenters. The molecule has 4 aromatic rings. The second-order valence-corrected chi connectivity index (χ2v) is 10.0. The molecular formula is C30H29BN2. The molecule has 0 aliphatic carbocycles. The number of rotatable bonds is 1. The SMILES string of the molecule is Cc1cccc2c1N(B1c3ccccc3N(C)c3ccccc31)c1c(C)cccc1C2(C)C. The molecule has 0 unspecified atom stereocenters. The number of aryl methyl sites for hydroxylation is 2. The molecule has 2 aliphatic heterocycles. The standard InChI is InChI=1S/C30H29BN2/c1-20-12-10-14-22-28(20)33(29-21(2)13-11-15-23(29)30(22,3)4)31-24-16-6-8-18-26(24)32(5)27-19-9-7-17-25(27)31/h6-19H,1-5H3. The number of hydrogen-bond acceptors (Lipinski definition) is 2. The summed E-state index contributed by atoms with van der Waals surface area (Å²) in [6, 6.07) is 31.4. The quantitative estimate of drug-likeness (QED) is 0.345. The lowest BCUT2D eigenvalue weighted by atomic mass is 9.45. The summed E-state index contributed by atoms with van der Waals surface area (Å²) in [5.74, 6) is 0. The van der Waals surface area contributed by atoms with Crippen LogP contribution in [0.1, 0.15) is 36.1 Å². The van der Waals surface area contributed by atoms with Crippen molar-refractivity contribution in [2.75, 3.05) is 16.8 Å². The fourth-order valence-electron chi connectivity index (χ4n) is 6.11. The average molecular weight is 428 g/mol. The predicted molar refractivity (Wildman–Crippen MR) is 143 cm³/mol. The molecule has 4 aromatic carbocycles. The number of para-hydroxylation sites is 4. The first-order valence-electron chi connectivity index (χ1n) is 11.8. The third-order valence-corrected chi connectivity index (χ3v) is 7.75. The van der Waals surface area contributed by atoms with Crippen molar-refractivity contribution in [2.24, 2.45) is 0 Å². The molecule has 0 spiro atoms. The van der Waals surface area contributed by atoms with Crippen LogP contribution in [-0.2, 0) is 5.41 Å². The van der Waals surface area contributed by atoms with Crippen molar-refractivity contribution in [3.63, 3.8) is 0 Å². The molecule has 0 saturated carbocycles. The van der Waals surface area contributed by atoms with Crippen molar-refractivity contribution in [2.45, 2.75) is 33.1 Å². The highest BCUT2D eigenvalue weighted by Gasteiger charge is 2.45. The number of benzene rings is 4. The highest BCUT2D eigenvalue weighted by Crippen LogP contribution is 2.52. The predicted octanol–water partition coefficient (Wildman–Crippen LogP) is 5.97. The van der Waals surface area contributed by atoms with Crippen LogP contribution in [0.3, 0.4) is 0 Å². The van der Waals surface area contributed by atoms with Crippen LogP contribution >= 0.6 is 0 Å². The van der Waals surface area contributed by atoms with E-state index >= 15 is 0 Å². The monoisotopic (exact) mass is 428 g/mol. The maximum Gasteiger partial charge on any atom is 0.332 e. The van der Waals surface area contributed by atoms with E-state index in [0.717, 1.165) is 0 Å². The fourth-order valence-corrected chi connectivity index (χ4v) is 6.11. The summed E-state index contributed by atoms with van der Waals surface area (Å²) in [5, 5.41) is 0. The molecule has 2 heterocycles. The molecule has 0 radical (unpaired) electrons. The van der Waals surface area contributed by atoms with Gasteiger partial charge in [-0.2, -0.15) is 0 Å². The van der Waals surface area contributed by atoms with Crippen LogP contribution in [0.5, 0.6) is 0 Å². The van der Waals surface area contributed by atoms with Gasteiger partial charge in [-0.3, -0.25) is 0 Å². The highest BCUT2D eigenvalue weighted by molar-refractivity contribution is 6.92. The second kappa shape index (κ2) is 7.02. The molecule has 0 N–H and O–H groups in total. The number of fused-ring (bicyclic) bond motifs is 4. The van der Waals surface area contributed by atoms with E-state index in [-0.39, 0.29) is 12.3 Å². The molecule has 6 rings (SSSR count). The Morgan fingerprint density at radius 1 is 0.606 bits per heavy atom. The van der Waals surface area contributed by atoms with E-state index in [1.807, 2.05) is 0 Å². The summed E-state index contributed by atoms with van der Waals surface area (Å²) in [7, 11) is 2.19. The molecule has 0 fully saturated rings. The van der Waals surface area contributed by atoms with Crippen molar-refractivity contribution < 1.29 is 0 Å². The summed E-state index contributed by atoms with van der Waals surface area (Å²) in [6.07, 6.45) is 0. The zero-order valence-corrected chi connectivity index (χ0v) is 20.1. The minimum Gasteiger partial charge on any atom is -0.376 e. The Morgan fingerprint density at radius 2 is 1.06 bits per heavy atom. The van der Waals surface area contributed by atoms with Crippen molar-refractivity contribution >= 4 is 40.5 Å². The Hall–Kier alpha value is -3.46. The van der Waals surface area contributed by atoms with Crippen LogP contribution in [0, 0.1) is 13.8 Å². The van der Waals surface area contributed by atoms with Crippen LogP contribution in [0.2, 0.25) is 0 Å². The van der Waals surface area contributed by atoms with Gasteiger partial charge in [-0.15, -0.1) is 0 Å². The van der Waals surface area contributed by atoms with Crippen molar-refractivity contribution in [3.05, 3.63) is 107 Å². The fraction of sp³-hybridized carbons (Fsp3) is 0.200. The number of nitrogens with zero attached hydrogens (tertiary/aromatic N) is 2. The van der Waals surface area contributed by atoms with E-state index in [2.05, 4.69) is 129 Å². The minimum atomic E-state index is -0.0658. The van der Waals surface area contributed by atoms with E-state index in [1.165, 1.54) is 55.9 Å². The largest absolute Gasteiger partial charge is 0.376 e. The first-order chi connectivity index (χ1) is 15.9. The lowest BCUT2D eigenvalue weighted by molar-refractivity contribution is 0.632. The first-order valence-corrected chi connectivity index (χ1v) is 11.8. The summed E-state index contributed by atoms with van der Waals surface area (Å²) in [5.41, 5.74) is 13.3. The Balaban J connectivity index is 1.74. The van der Waals surface area contributed by atoms with Gasteiger partial charge in [0.25, 0.3) is 0 Å². The van der Waals surface area contributed by atoms with Gasteiger partial charge >= 0.3 is 6.85 Å². The summed E-state index contributed by atoms with van der Waals surface area (Å²) < 4.78 is 0. The van der Waals surface area contributed by atoms with Gasteiger partial charge in [-0.1, -0.05) is 86.6 Å². The molecular weight excluding hydrogens is 399 g/mol. The second-order valence-electron chi connectivity index (χ2n) is 10.0. The lowest BCUT2D eigenvalue weighted by Gasteiger charge is -2.48. The van der Waals surface area contributed by atoms with Gasteiger partial charge in [0.15, 0.2) is 0 Å². The van der Waals surface area contributed by atoms with Crippen LogP contribution in [0.25, 0.3) is 0 Å². The molecule has 2 aliphatic rings. The molecule has 2 nitrogen and oxygen atoms in total. The zero-order chi connectivity index (χ0) is 22.9. The van der Waals surface area contributed by atoms with Gasteiger partial charge in [0, 0.05) is 35.2 Å². The summed E-state index contributed by atoms with van der Waals surface area (Å²) in [6.45, 7) is 9.37. The minimum absolute atomic E-state index is 0.0658. The molecule has 162 valence electrons. The van der Waals surface area contributed by atoms with Crippen molar-refractivity contribution in [3.8, 4) is 0 Å². The van der Waals surface area contributed by atoms with E-state index in [1.54, 1.807) is 0 Å². The van der Waals surface area contributed by atoms with Crippen LogP contribution in [0.4, 0.5) is 22.7 Å². The van der Waals surface area contributed by atoms with Crippen molar-refractivity contribution in [1.29, 1.82) is 0 Å². The van der Waals surface area contributed by atoms with Crippen LogP contribution < -0.4 is 20.6 Å². The summed E-state index contributed by atoms with van der Waals surface area (Å²) in [4.78, 5) is 4.98. The third-order valence-electron chi connectivity index (χ3n) is 7.75. The average Bonchev–Trinajstić information content (AvgIpc) is 2.82. The Morgan fingerprint density at radius 3 is 1.55 bits per heavy atom. The number of anilines is 4. The molecule has 0 aromatic heterocycles. The van der Waals surface area contributed by atoms with Crippen LogP contribution in [0.15, 0.2) is 84.9 Å². The number of hydrogen-bond donors (Lipinski definition) is 0. The van der Waals surface area contributed by atoms with Gasteiger partial charge in [-0.05, 0) is 59.2 Å².